The van der Waals surface area contributed by atoms with Gasteiger partial charge in [-0.25, -0.2) is 4.79 Å². The molecule has 0 aliphatic heterocycles. The largest absolute Gasteiger partial charge is 0.465 e. The Kier molecular flexibility index (Phi) is 4.33. The van der Waals surface area contributed by atoms with Crippen LogP contribution in [0.5, 0.6) is 0 Å². The van der Waals surface area contributed by atoms with Gasteiger partial charge in [0.1, 0.15) is 11.5 Å². The van der Waals surface area contributed by atoms with Crippen molar-refractivity contribution in [2.75, 3.05) is 18.6 Å². The van der Waals surface area contributed by atoms with Crippen LogP contribution >= 0.6 is 0 Å². The number of methoxy groups -OCH3 is 1. The maximum absolute atomic E-state index is 11.4. The van der Waals surface area contributed by atoms with Crippen molar-refractivity contribution in [3.63, 3.8) is 0 Å². The van der Waals surface area contributed by atoms with Gasteiger partial charge in [0.2, 0.25) is 5.95 Å². The molecule has 24 heavy (non-hydrogen) atoms. The fourth-order valence-electron chi connectivity index (χ4n) is 2.65. The van der Waals surface area contributed by atoms with E-state index in [9.17, 15) is 4.79 Å². The third-order valence-electron chi connectivity index (χ3n) is 3.88. The molecule has 0 aliphatic rings. The highest BCUT2D eigenvalue weighted by Crippen LogP contribution is 2.20. The van der Waals surface area contributed by atoms with Gasteiger partial charge in [0.15, 0.2) is 0 Å². The zero-order valence-electron chi connectivity index (χ0n) is 13.4. The normalized spacial score (nSPS) is 10.9. The number of nitrogens with one attached hydrogen (secondary N) is 1. The highest BCUT2D eigenvalue weighted by Gasteiger charge is 2.08. The summed E-state index contributed by atoms with van der Waals surface area (Å²) < 4.78 is 4.69. The summed E-state index contributed by atoms with van der Waals surface area (Å²) in [6, 6.07) is 9.42. The molecule has 0 atom stereocenters. The van der Waals surface area contributed by atoms with Gasteiger partial charge in [-0.05, 0) is 43.0 Å². The number of carbonyl (C=O) groups is 1. The molecule has 0 aliphatic carbocycles. The molecule has 124 valence electrons. The highest BCUT2D eigenvalue weighted by molar-refractivity contribution is 5.89. The zero-order chi connectivity index (χ0) is 17.1. The molecule has 5 N–H and O–H groups in total. The van der Waals surface area contributed by atoms with E-state index in [1.165, 1.54) is 12.7 Å². The summed E-state index contributed by atoms with van der Waals surface area (Å²) in [5.41, 5.74) is 14.9. The van der Waals surface area contributed by atoms with E-state index in [-0.39, 0.29) is 11.9 Å². The van der Waals surface area contributed by atoms with Crippen LogP contribution in [0.25, 0.3) is 11.0 Å². The number of H-pyrrole nitrogens is 1. The first-order valence-corrected chi connectivity index (χ1v) is 7.64. The molecular formula is C17H19N5O2. The molecular weight excluding hydrogens is 306 g/mol. The number of benzene rings is 1. The highest BCUT2D eigenvalue weighted by atomic mass is 16.5. The molecule has 0 saturated heterocycles. The van der Waals surface area contributed by atoms with Crippen molar-refractivity contribution in [2.24, 2.45) is 0 Å². The third kappa shape index (κ3) is 3.29. The number of nitrogen functional groups attached to an aromatic ring is 2. The Bertz CT molecular complexity index is 871. The number of fused-ring (bicyclic) bond motifs is 1. The number of ether oxygens (including phenoxy) is 1. The topological polar surface area (TPSA) is 120 Å². The van der Waals surface area contributed by atoms with Gasteiger partial charge in [0, 0.05) is 5.69 Å². The molecule has 0 unspecified atom stereocenters. The van der Waals surface area contributed by atoms with E-state index in [0.717, 1.165) is 30.3 Å². The molecule has 2 aromatic heterocycles. The van der Waals surface area contributed by atoms with Crippen molar-refractivity contribution in [2.45, 2.75) is 19.3 Å². The zero-order valence-corrected chi connectivity index (χ0v) is 13.4. The first-order valence-electron chi connectivity index (χ1n) is 7.64. The quantitative estimate of drug-likeness (QED) is 0.618. The van der Waals surface area contributed by atoms with Gasteiger partial charge in [-0.3, -0.25) is 0 Å². The molecule has 0 fully saturated rings. The Morgan fingerprint density at radius 1 is 1.17 bits per heavy atom. The summed E-state index contributed by atoms with van der Waals surface area (Å²) in [5.74, 6) is 0.232. The second-order valence-electron chi connectivity index (χ2n) is 5.57. The number of anilines is 2. The summed E-state index contributed by atoms with van der Waals surface area (Å²) in [6.07, 6.45) is 2.71. The fraction of sp³-hybridized carbons (Fsp3) is 0.235. The molecule has 0 radical (unpaired) electrons. The van der Waals surface area contributed by atoms with E-state index in [2.05, 4.69) is 19.7 Å². The second kappa shape index (κ2) is 6.57. The number of aryl methyl sites for hydroxylation is 2. The molecule has 1 aromatic carbocycles. The van der Waals surface area contributed by atoms with Crippen LogP contribution in [-0.2, 0) is 17.6 Å². The minimum atomic E-state index is -0.322. The maximum Gasteiger partial charge on any atom is 0.337 e. The van der Waals surface area contributed by atoms with Crippen molar-refractivity contribution in [1.29, 1.82) is 0 Å². The van der Waals surface area contributed by atoms with E-state index in [1.54, 1.807) is 12.1 Å². The molecule has 3 aromatic rings. The summed E-state index contributed by atoms with van der Waals surface area (Å²) in [4.78, 5) is 22.7. The van der Waals surface area contributed by atoms with Crippen LogP contribution in [0.15, 0.2) is 30.3 Å². The van der Waals surface area contributed by atoms with Crippen LogP contribution < -0.4 is 11.5 Å². The molecule has 0 spiro atoms. The monoisotopic (exact) mass is 325 g/mol. The fourth-order valence-corrected chi connectivity index (χ4v) is 2.65. The minimum Gasteiger partial charge on any atom is -0.465 e. The van der Waals surface area contributed by atoms with Crippen molar-refractivity contribution in [3.05, 3.63) is 47.2 Å². The molecule has 7 heteroatoms. The van der Waals surface area contributed by atoms with E-state index < -0.39 is 0 Å². The Hall–Kier alpha value is -3.09. The SMILES string of the molecule is COC(=O)c1ccc(CCCc2cc3c(N)nc(N)nc3[nH]2)cc1. The van der Waals surface area contributed by atoms with Crippen molar-refractivity contribution >= 4 is 28.8 Å². The van der Waals surface area contributed by atoms with E-state index in [0.29, 0.717) is 17.0 Å². The Labute approximate surface area is 139 Å². The van der Waals surface area contributed by atoms with Gasteiger partial charge in [-0.1, -0.05) is 12.1 Å². The van der Waals surface area contributed by atoms with Crippen LogP contribution in [0.4, 0.5) is 11.8 Å². The molecule has 0 bridgehead atoms. The molecule has 2 heterocycles. The van der Waals surface area contributed by atoms with Crippen LogP contribution in [-0.4, -0.2) is 28.0 Å². The number of rotatable bonds is 5. The number of nitrogens with two attached hydrogens (primary N) is 2. The third-order valence-corrected chi connectivity index (χ3v) is 3.88. The average molecular weight is 325 g/mol. The summed E-state index contributed by atoms with van der Waals surface area (Å²) in [6.45, 7) is 0. The second-order valence-corrected chi connectivity index (χ2v) is 5.57. The Balaban J connectivity index is 1.62. The smallest absolute Gasteiger partial charge is 0.337 e. The summed E-state index contributed by atoms with van der Waals surface area (Å²) in [7, 11) is 1.38. The molecule has 0 saturated carbocycles. The van der Waals surface area contributed by atoms with Crippen LogP contribution in [0.3, 0.4) is 0 Å². The number of esters is 1. The first kappa shape index (κ1) is 15.8. The van der Waals surface area contributed by atoms with Crippen LogP contribution in [0.2, 0.25) is 0 Å². The van der Waals surface area contributed by atoms with Gasteiger partial charge in [-0.2, -0.15) is 9.97 Å². The minimum absolute atomic E-state index is 0.166. The lowest BCUT2D eigenvalue weighted by Crippen LogP contribution is -2.01. The summed E-state index contributed by atoms with van der Waals surface area (Å²) >= 11 is 0. The standard InChI is InChI=1S/C17H19N5O2/c1-24-16(23)11-7-5-10(6-8-11)3-2-4-12-9-13-14(18)21-17(19)22-15(13)20-12/h5-9H,2-4H2,1H3,(H5,18,19,20,21,22). The number of hydrogen-bond acceptors (Lipinski definition) is 6. The molecule has 7 nitrogen and oxygen atoms in total. The van der Waals surface area contributed by atoms with Gasteiger partial charge in [0.05, 0.1) is 18.1 Å². The lowest BCUT2D eigenvalue weighted by Gasteiger charge is -2.03. The maximum atomic E-state index is 11.4. The predicted octanol–water partition coefficient (Wildman–Crippen LogP) is 2.08. The number of hydrogen-bond donors (Lipinski definition) is 3. The van der Waals surface area contributed by atoms with Crippen molar-refractivity contribution < 1.29 is 9.53 Å². The lowest BCUT2D eigenvalue weighted by atomic mass is 10.1. The molecule has 3 rings (SSSR count). The predicted molar refractivity (Wildman–Crippen MR) is 92.5 cm³/mol. The van der Waals surface area contributed by atoms with Crippen LogP contribution in [0, 0.1) is 0 Å². The number of nitrogens with zero attached hydrogens (tertiary/aromatic N) is 2. The lowest BCUT2D eigenvalue weighted by molar-refractivity contribution is 0.0600. The van der Waals surface area contributed by atoms with Crippen molar-refractivity contribution in [1.82, 2.24) is 15.0 Å². The van der Waals surface area contributed by atoms with Gasteiger partial charge < -0.3 is 21.2 Å². The van der Waals surface area contributed by atoms with E-state index in [4.69, 9.17) is 11.5 Å². The first-order chi connectivity index (χ1) is 11.6. The number of carbonyl (C=O) groups excluding carboxylic acids is 1. The van der Waals surface area contributed by atoms with E-state index in [1.807, 2.05) is 18.2 Å². The Morgan fingerprint density at radius 2 is 1.92 bits per heavy atom. The van der Waals surface area contributed by atoms with E-state index >= 15 is 0 Å². The molecule has 0 amide bonds. The van der Waals surface area contributed by atoms with Crippen LogP contribution in [0.1, 0.15) is 28.0 Å². The van der Waals surface area contributed by atoms with Gasteiger partial charge in [0.25, 0.3) is 0 Å². The number of aromatic nitrogens is 3. The average Bonchev–Trinajstić information content (AvgIpc) is 2.98. The van der Waals surface area contributed by atoms with Crippen molar-refractivity contribution in [3.8, 4) is 0 Å². The Morgan fingerprint density at radius 3 is 2.62 bits per heavy atom. The summed E-state index contributed by atoms with van der Waals surface area (Å²) in [5, 5.41) is 0.793. The van der Waals surface area contributed by atoms with Gasteiger partial charge >= 0.3 is 5.97 Å². The number of aromatic amines is 1. The van der Waals surface area contributed by atoms with Gasteiger partial charge in [-0.15, -0.1) is 0 Å².